The SMILES string of the molecule is NOC(=O)c1cccc2cn(-c3ccc(CN4CCCC5(CCCN(Cc6ccccc6)C5)C4)cc3)nc12. The van der Waals surface area contributed by atoms with Gasteiger partial charge in [-0.1, -0.05) is 54.6 Å². The van der Waals surface area contributed by atoms with Crippen LogP contribution in [0.5, 0.6) is 0 Å². The molecule has 1 spiro atoms. The Morgan fingerprint density at radius 2 is 1.50 bits per heavy atom. The van der Waals surface area contributed by atoms with E-state index in [1.54, 1.807) is 10.7 Å². The van der Waals surface area contributed by atoms with E-state index in [1.165, 1.54) is 56.4 Å². The Morgan fingerprint density at radius 1 is 0.842 bits per heavy atom. The molecule has 0 radical (unpaired) electrons. The van der Waals surface area contributed by atoms with Crippen molar-refractivity contribution in [2.24, 2.45) is 11.3 Å². The number of likely N-dealkylation sites (tertiary alicyclic amines) is 2. The summed E-state index contributed by atoms with van der Waals surface area (Å²) in [6.45, 7) is 6.76. The predicted octanol–water partition coefficient (Wildman–Crippen LogP) is 4.93. The average molecular weight is 510 g/mol. The van der Waals surface area contributed by atoms with E-state index in [1.807, 2.05) is 18.3 Å². The van der Waals surface area contributed by atoms with E-state index >= 15 is 0 Å². The molecule has 6 rings (SSSR count). The predicted molar refractivity (Wildman–Crippen MR) is 149 cm³/mol. The molecule has 0 saturated carbocycles. The Balaban J connectivity index is 1.12. The van der Waals surface area contributed by atoms with Gasteiger partial charge in [-0.25, -0.2) is 9.48 Å². The fourth-order valence-corrected chi connectivity index (χ4v) is 6.48. The van der Waals surface area contributed by atoms with Gasteiger partial charge in [-0.3, -0.25) is 9.80 Å². The van der Waals surface area contributed by atoms with E-state index in [0.29, 0.717) is 16.5 Å². The van der Waals surface area contributed by atoms with E-state index in [9.17, 15) is 4.79 Å². The summed E-state index contributed by atoms with van der Waals surface area (Å²) in [5.74, 6) is 4.51. The molecule has 1 aromatic heterocycles. The summed E-state index contributed by atoms with van der Waals surface area (Å²) in [7, 11) is 0. The molecule has 4 aromatic rings. The summed E-state index contributed by atoms with van der Waals surface area (Å²) in [4.78, 5) is 21.8. The Kier molecular flexibility index (Phi) is 6.98. The maximum atomic E-state index is 12.0. The molecule has 1 atom stereocenters. The van der Waals surface area contributed by atoms with Gasteiger partial charge in [-0.2, -0.15) is 11.0 Å². The van der Waals surface area contributed by atoms with Crippen LogP contribution < -0.4 is 5.90 Å². The Bertz CT molecular complexity index is 1400. The summed E-state index contributed by atoms with van der Waals surface area (Å²) in [5.41, 5.74) is 5.03. The van der Waals surface area contributed by atoms with E-state index in [4.69, 9.17) is 5.90 Å². The summed E-state index contributed by atoms with van der Waals surface area (Å²) >= 11 is 0. The van der Waals surface area contributed by atoms with Crippen molar-refractivity contribution in [1.82, 2.24) is 19.6 Å². The highest BCUT2D eigenvalue weighted by Crippen LogP contribution is 2.39. The van der Waals surface area contributed by atoms with Gasteiger partial charge in [0.25, 0.3) is 0 Å². The van der Waals surface area contributed by atoms with Gasteiger partial charge in [0.2, 0.25) is 0 Å². The summed E-state index contributed by atoms with van der Waals surface area (Å²) < 4.78 is 1.81. The third-order valence-electron chi connectivity index (χ3n) is 8.20. The highest BCUT2D eigenvalue weighted by molar-refractivity contribution is 6.02. The van der Waals surface area contributed by atoms with E-state index < -0.39 is 5.97 Å². The second-order valence-corrected chi connectivity index (χ2v) is 11.0. The van der Waals surface area contributed by atoms with Crippen LogP contribution in [-0.4, -0.2) is 51.7 Å². The Hall–Kier alpha value is -3.52. The van der Waals surface area contributed by atoms with Gasteiger partial charge in [0, 0.05) is 37.8 Å². The minimum Gasteiger partial charge on any atom is -0.370 e. The van der Waals surface area contributed by atoms with Gasteiger partial charge in [-0.15, -0.1) is 0 Å². The minimum atomic E-state index is -0.586. The second kappa shape index (κ2) is 10.7. The van der Waals surface area contributed by atoms with Crippen molar-refractivity contribution in [1.29, 1.82) is 0 Å². The number of nitrogens with two attached hydrogens (primary N) is 1. The molecule has 7 heteroatoms. The van der Waals surface area contributed by atoms with Crippen LogP contribution in [0.25, 0.3) is 16.6 Å². The average Bonchev–Trinajstić information content (AvgIpc) is 3.38. The highest BCUT2D eigenvalue weighted by Gasteiger charge is 2.39. The van der Waals surface area contributed by atoms with Crippen LogP contribution in [-0.2, 0) is 17.9 Å². The number of rotatable bonds is 6. The number of carbonyl (C=O) groups is 1. The lowest BCUT2D eigenvalue weighted by Gasteiger charge is -2.48. The first-order valence-electron chi connectivity index (χ1n) is 13.6. The van der Waals surface area contributed by atoms with Crippen molar-refractivity contribution in [3.63, 3.8) is 0 Å². The number of piperidine rings is 2. The first kappa shape index (κ1) is 24.8. The maximum Gasteiger partial charge on any atom is 0.358 e. The number of aromatic nitrogens is 2. The molecule has 196 valence electrons. The number of carbonyl (C=O) groups excluding carboxylic acids is 1. The molecular formula is C31H35N5O2. The lowest BCUT2D eigenvalue weighted by molar-refractivity contribution is 0.00775. The normalized spacial score (nSPS) is 20.7. The van der Waals surface area contributed by atoms with Gasteiger partial charge >= 0.3 is 5.97 Å². The number of benzene rings is 3. The third-order valence-corrected chi connectivity index (χ3v) is 8.20. The number of hydrogen-bond acceptors (Lipinski definition) is 6. The molecule has 1 unspecified atom stereocenters. The highest BCUT2D eigenvalue weighted by atomic mass is 16.7. The first-order valence-corrected chi connectivity index (χ1v) is 13.6. The van der Waals surface area contributed by atoms with E-state index in [2.05, 4.69) is 74.3 Å². The van der Waals surface area contributed by atoms with Crippen molar-refractivity contribution >= 4 is 16.9 Å². The minimum absolute atomic E-state index is 0.365. The number of hydrogen-bond donors (Lipinski definition) is 1. The molecule has 7 nitrogen and oxygen atoms in total. The zero-order valence-electron chi connectivity index (χ0n) is 21.8. The second-order valence-electron chi connectivity index (χ2n) is 11.0. The van der Waals surface area contributed by atoms with Gasteiger partial charge < -0.3 is 4.84 Å². The van der Waals surface area contributed by atoms with Crippen LogP contribution in [0.3, 0.4) is 0 Å². The van der Waals surface area contributed by atoms with Crippen LogP contribution in [0.2, 0.25) is 0 Å². The molecule has 3 aromatic carbocycles. The van der Waals surface area contributed by atoms with Crippen LogP contribution in [0.15, 0.2) is 79.0 Å². The van der Waals surface area contributed by atoms with Crippen LogP contribution in [0.1, 0.15) is 47.2 Å². The fraction of sp³-hybridized carbons (Fsp3) is 0.355. The monoisotopic (exact) mass is 509 g/mol. The quantitative estimate of drug-likeness (QED) is 0.371. The summed E-state index contributed by atoms with van der Waals surface area (Å²) in [6, 6.07) is 24.9. The summed E-state index contributed by atoms with van der Waals surface area (Å²) in [6.07, 6.45) is 7.15. The van der Waals surface area contributed by atoms with Crippen LogP contribution >= 0.6 is 0 Å². The van der Waals surface area contributed by atoms with Crippen LogP contribution in [0.4, 0.5) is 0 Å². The number of nitrogens with zero attached hydrogens (tertiary/aromatic N) is 4. The van der Waals surface area contributed by atoms with E-state index in [-0.39, 0.29) is 0 Å². The van der Waals surface area contributed by atoms with Crippen molar-refractivity contribution < 1.29 is 9.63 Å². The smallest absolute Gasteiger partial charge is 0.358 e. The number of fused-ring (bicyclic) bond motifs is 1. The Morgan fingerprint density at radius 3 is 2.16 bits per heavy atom. The molecule has 0 amide bonds. The Labute approximate surface area is 223 Å². The fourth-order valence-electron chi connectivity index (χ4n) is 6.48. The molecule has 2 N–H and O–H groups in total. The van der Waals surface area contributed by atoms with Crippen LogP contribution in [0, 0.1) is 5.41 Å². The van der Waals surface area contributed by atoms with E-state index in [0.717, 1.165) is 30.7 Å². The largest absolute Gasteiger partial charge is 0.370 e. The zero-order valence-corrected chi connectivity index (χ0v) is 21.8. The molecule has 2 saturated heterocycles. The molecule has 2 fully saturated rings. The topological polar surface area (TPSA) is 76.6 Å². The standard InChI is InChI=1S/C31H35N5O2/c32-38-30(37)28-10-4-9-26-21-36(33-29(26)28)27-13-11-25(12-14-27)20-35-18-6-16-31(23-35)15-5-17-34(22-31)19-24-7-2-1-3-8-24/h1-4,7-14,21H,5-6,15-20,22-23,32H2. The summed E-state index contributed by atoms with van der Waals surface area (Å²) in [5, 5.41) is 5.50. The molecule has 0 aliphatic carbocycles. The molecule has 0 bridgehead atoms. The third kappa shape index (κ3) is 5.23. The van der Waals surface area contributed by atoms with Gasteiger partial charge in [-0.05, 0) is 73.5 Å². The van der Waals surface area contributed by atoms with Gasteiger partial charge in [0.1, 0.15) is 5.52 Å². The zero-order chi connectivity index (χ0) is 26.0. The van der Waals surface area contributed by atoms with Crippen molar-refractivity contribution in [3.05, 3.63) is 95.7 Å². The van der Waals surface area contributed by atoms with Gasteiger partial charge in [0.15, 0.2) is 0 Å². The molecule has 2 aliphatic rings. The first-order chi connectivity index (χ1) is 18.6. The maximum absolute atomic E-state index is 12.0. The van der Waals surface area contributed by atoms with Crippen molar-refractivity contribution in [2.75, 3.05) is 26.2 Å². The van der Waals surface area contributed by atoms with Gasteiger partial charge in [0.05, 0.1) is 11.3 Å². The lowest BCUT2D eigenvalue weighted by atomic mass is 9.73. The lowest BCUT2D eigenvalue weighted by Crippen LogP contribution is -2.51. The van der Waals surface area contributed by atoms with Crippen molar-refractivity contribution in [3.8, 4) is 5.69 Å². The molecular weight excluding hydrogens is 474 g/mol. The molecule has 38 heavy (non-hydrogen) atoms. The molecule has 2 aliphatic heterocycles. The molecule has 3 heterocycles. The van der Waals surface area contributed by atoms with Crippen molar-refractivity contribution in [2.45, 2.75) is 38.8 Å².